The molecule has 1 saturated carbocycles. The first kappa shape index (κ1) is 18.4. The smallest absolute Gasteiger partial charge is 0.254 e. The molecule has 1 atom stereocenters. The second kappa shape index (κ2) is 8.77. The summed E-state index contributed by atoms with van der Waals surface area (Å²) >= 11 is 0. The number of hydrogen-bond donors (Lipinski definition) is 4. The van der Waals surface area contributed by atoms with Gasteiger partial charge in [-0.3, -0.25) is 14.4 Å². The van der Waals surface area contributed by atoms with Gasteiger partial charge in [-0.15, -0.1) is 0 Å². The fourth-order valence-electron chi connectivity index (χ4n) is 3.44. The molecule has 0 saturated heterocycles. The summed E-state index contributed by atoms with van der Waals surface area (Å²) in [5.74, 6) is -1.85. The fourth-order valence-corrected chi connectivity index (χ4v) is 3.44. The number of nitrogens with zero attached hydrogens (tertiary/aromatic N) is 3. The molecule has 0 radical (unpaired) electrons. The van der Waals surface area contributed by atoms with E-state index in [0.717, 1.165) is 12.8 Å². The number of nitrogens with one attached hydrogen (secondary N) is 3. The highest BCUT2D eigenvalue weighted by molar-refractivity contribution is 6.02. The number of hydrogen-bond acceptors (Lipinski definition) is 7. The Morgan fingerprint density at radius 2 is 2.09 bits per heavy atom. The van der Waals surface area contributed by atoms with E-state index in [-0.39, 0.29) is 28.9 Å². The number of fused-ring (bicyclic) bond motifs is 1. The van der Waals surface area contributed by atoms with E-state index in [2.05, 4.69) is 20.7 Å². The number of anilines is 3. The molecule has 0 aromatic carbocycles. The van der Waals surface area contributed by atoms with Crippen LogP contribution in [-0.4, -0.2) is 46.4 Å². The van der Waals surface area contributed by atoms with Crippen LogP contribution < -0.4 is 26.4 Å². The predicted octanol–water partition coefficient (Wildman–Crippen LogP) is 1.78. The molecule has 5 N–H and O–H groups in total. The molecule has 11 heteroatoms. The summed E-state index contributed by atoms with van der Waals surface area (Å²) in [6.07, 6.45) is 5.91. The third kappa shape index (κ3) is 4.29. The van der Waals surface area contributed by atoms with Crippen LogP contribution in [0, 0.1) is 5.92 Å². The second-order valence-electron chi connectivity index (χ2n) is 7.74. The van der Waals surface area contributed by atoms with Crippen LogP contribution >= 0.6 is 0 Å². The summed E-state index contributed by atoms with van der Waals surface area (Å²) in [6, 6.07) is 3.06. The number of nitrogens with two attached hydrogens (primary N) is 1. The number of aromatic nitrogens is 3. The van der Waals surface area contributed by atoms with Gasteiger partial charge < -0.3 is 26.4 Å². The van der Waals surface area contributed by atoms with Gasteiger partial charge in [0.2, 0.25) is 11.8 Å². The number of ether oxygens (including phenoxy) is 1. The molecule has 1 aliphatic rings. The molecule has 1 unspecified atom stereocenters. The predicted molar refractivity (Wildman–Crippen MR) is 122 cm³/mol. The van der Waals surface area contributed by atoms with Crippen LogP contribution in [0.2, 0.25) is 0 Å². The molecule has 0 bridgehead atoms. The molecule has 0 aliphatic heterocycles. The van der Waals surface area contributed by atoms with Gasteiger partial charge in [-0.1, -0.05) is 0 Å². The van der Waals surface area contributed by atoms with Gasteiger partial charge in [0.15, 0.2) is 5.75 Å². The SMILES string of the molecule is [2H]C([2H])([2H])NC(=O)c1cnc(NC(=O)C2CC2)cc1Nc1ccn2ncc(C(C)C(N)=O)c2c1OC. The molecule has 3 amide bonds. The molecule has 1 aliphatic carbocycles. The molecule has 4 rings (SSSR count). The van der Waals surface area contributed by atoms with Crippen molar-refractivity contribution in [2.24, 2.45) is 11.7 Å². The van der Waals surface area contributed by atoms with E-state index in [4.69, 9.17) is 14.6 Å². The van der Waals surface area contributed by atoms with Gasteiger partial charge in [-0.2, -0.15) is 5.10 Å². The zero-order valence-electron chi connectivity index (χ0n) is 21.0. The number of rotatable bonds is 8. The van der Waals surface area contributed by atoms with E-state index < -0.39 is 24.7 Å². The van der Waals surface area contributed by atoms with E-state index in [1.165, 1.54) is 30.1 Å². The third-order valence-electron chi connectivity index (χ3n) is 5.49. The van der Waals surface area contributed by atoms with Gasteiger partial charge in [0, 0.05) is 41.0 Å². The Morgan fingerprint density at radius 3 is 2.76 bits per heavy atom. The highest BCUT2D eigenvalue weighted by Crippen LogP contribution is 2.37. The molecule has 0 spiro atoms. The first-order chi connectivity index (χ1) is 17.0. The first-order valence-corrected chi connectivity index (χ1v) is 10.2. The van der Waals surface area contributed by atoms with Crippen molar-refractivity contribution in [3.8, 4) is 5.75 Å². The minimum atomic E-state index is -2.72. The van der Waals surface area contributed by atoms with Gasteiger partial charge >= 0.3 is 0 Å². The number of pyridine rings is 2. The zero-order valence-corrected chi connectivity index (χ0v) is 18.0. The highest BCUT2D eigenvalue weighted by atomic mass is 16.5. The summed E-state index contributed by atoms with van der Waals surface area (Å²) in [5, 5.41) is 12.0. The lowest BCUT2D eigenvalue weighted by atomic mass is 10.0. The van der Waals surface area contributed by atoms with Crippen molar-refractivity contribution in [3.63, 3.8) is 0 Å². The van der Waals surface area contributed by atoms with Crippen LogP contribution in [0.4, 0.5) is 17.2 Å². The molecule has 11 nitrogen and oxygen atoms in total. The minimum absolute atomic E-state index is 0.0724. The molecule has 3 aromatic rings. The second-order valence-corrected chi connectivity index (χ2v) is 7.74. The van der Waals surface area contributed by atoms with E-state index in [0.29, 0.717) is 22.5 Å². The van der Waals surface area contributed by atoms with Crippen molar-refractivity contribution in [1.29, 1.82) is 0 Å². The molecular weight excluding hydrogens is 426 g/mol. The Labute approximate surface area is 193 Å². The van der Waals surface area contributed by atoms with E-state index >= 15 is 0 Å². The number of carbonyl (C=O) groups excluding carboxylic acids is 3. The summed E-state index contributed by atoms with van der Waals surface area (Å²) < 4.78 is 29.2. The van der Waals surface area contributed by atoms with Gasteiger partial charge in [0.1, 0.15) is 11.3 Å². The summed E-state index contributed by atoms with van der Waals surface area (Å²) in [6.45, 7) is -1.07. The number of amides is 3. The lowest BCUT2D eigenvalue weighted by Crippen LogP contribution is -2.20. The van der Waals surface area contributed by atoms with E-state index in [1.807, 2.05) is 5.32 Å². The van der Waals surface area contributed by atoms with Gasteiger partial charge in [0.05, 0.1) is 36.2 Å². The molecule has 1 fully saturated rings. The van der Waals surface area contributed by atoms with Gasteiger partial charge in [-0.05, 0) is 25.8 Å². The van der Waals surface area contributed by atoms with Crippen molar-refractivity contribution in [2.45, 2.75) is 25.7 Å². The molecule has 3 aromatic heterocycles. The number of primary amides is 1. The van der Waals surface area contributed by atoms with Crippen molar-refractivity contribution >= 4 is 40.4 Å². The van der Waals surface area contributed by atoms with Crippen LogP contribution in [0.5, 0.6) is 5.75 Å². The van der Waals surface area contributed by atoms with Crippen LogP contribution in [0.3, 0.4) is 0 Å². The Balaban J connectivity index is 1.78. The molecule has 172 valence electrons. The van der Waals surface area contributed by atoms with Crippen LogP contribution in [0.25, 0.3) is 5.52 Å². The maximum absolute atomic E-state index is 12.7. The van der Waals surface area contributed by atoms with Crippen molar-refractivity contribution < 1.29 is 23.2 Å². The van der Waals surface area contributed by atoms with E-state index in [9.17, 15) is 14.4 Å². The highest BCUT2D eigenvalue weighted by Gasteiger charge is 2.30. The quantitative estimate of drug-likeness (QED) is 0.405. The fraction of sp³-hybridized carbons (Fsp3) is 0.318. The van der Waals surface area contributed by atoms with Crippen molar-refractivity contribution in [2.75, 3.05) is 24.7 Å². The Kier molecular flexibility index (Phi) is 4.90. The third-order valence-corrected chi connectivity index (χ3v) is 5.49. The average molecular weight is 455 g/mol. The summed E-state index contributed by atoms with van der Waals surface area (Å²) in [7, 11) is 1.43. The maximum Gasteiger partial charge on any atom is 0.254 e. The Bertz CT molecular complexity index is 1350. The molecular formula is C22H25N7O4. The molecule has 33 heavy (non-hydrogen) atoms. The lowest BCUT2D eigenvalue weighted by Gasteiger charge is -2.17. The number of carbonyl (C=O) groups is 3. The summed E-state index contributed by atoms with van der Waals surface area (Å²) in [5.41, 5.74) is 7.00. The van der Waals surface area contributed by atoms with Crippen molar-refractivity contribution in [1.82, 2.24) is 19.9 Å². The largest absolute Gasteiger partial charge is 0.492 e. The Morgan fingerprint density at radius 1 is 1.30 bits per heavy atom. The zero-order chi connectivity index (χ0) is 26.2. The van der Waals surface area contributed by atoms with Crippen LogP contribution in [-0.2, 0) is 9.59 Å². The lowest BCUT2D eigenvalue weighted by molar-refractivity contribution is -0.119. The monoisotopic (exact) mass is 454 g/mol. The summed E-state index contributed by atoms with van der Waals surface area (Å²) in [4.78, 5) is 40.9. The van der Waals surface area contributed by atoms with Gasteiger partial charge in [0.25, 0.3) is 5.91 Å². The minimum Gasteiger partial charge on any atom is -0.492 e. The maximum atomic E-state index is 12.7. The molecule has 3 heterocycles. The average Bonchev–Trinajstić information content (AvgIpc) is 3.57. The standard InChI is InChI=1S/C22H25N7O4/c1-11(20(23)30)13-10-26-29-7-6-15(19(33-3)18(13)29)27-16-8-17(28-21(31)12-4-5-12)25-9-14(16)22(32)24-2/h6-12H,4-5H2,1-3H3,(H2,23,30)(H,24,32)(H2,25,27,28,31)/i2D3. The number of methoxy groups -OCH3 is 1. The van der Waals surface area contributed by atoms with Gasteiger partial charge in [-0.25, -0.2) is 9.50 Å². The Hall–Kier alpha value is -4.15. The van der Waals surface area contributed by atoms with Crippen LogP contribution in [0.1, 0.15) is 45.7 Å². The van der Waals surface area contributed by atoms with Crippen LogP contribution in [0.15, 0.2) is 30.7 Å². The van der Waals surface area contributed by atoms with E-state index in [1.54, 1.807) is 19.2 Å². The first-order valence-electron chi connectivity index (χ1n) is 11.7. The topological polar surface area (TPSA) is 153 Å². The van der Waals surface area contributed by atoms with Crippen molar-refractivity contribution in [3.05, 3.63) is 41.9 Å². The normalized spacial score (nSPS) is 15.6.